The number of halogens is 1. The zero-order valence-electron chi connectivity index (χ0n) is 16.1. The quantitative estimate of drug-likeness (QED) is 0.356. The summed E-state index contributed by atoms with van der Waals surface area (Å²) in [5.74, 6) is -0.254. The molecule has 0 radical (unpaired) electrons. The van der Waals surface area contributed by atoms with Crippen LogP contribution < -0.4 is 0 Å². The third-order valence-corrected chi connectivity index (χ3v) is 4.82. The Morgan fingerprint density at radius 1 is 0.778 bits per heavy atom. The third-order valence-electron chi connectivity index (χ3n) is 4.82. The van der Waals surface area contributed by atoms with Crippen molar-refractivity contribution in [1.82, 2.24) is 0 Å². The minimum Gasteiger partial charge on any atom is -0.346 e. The van der Waals surface area contributed by atoms with Gasteiger partial charge in [-0.3, -0.25) is 0 Å². The van der Waals surface area contributed by atoms with Gasteiger partial charge in [0.2, 0.25) is 0 Å². The zero-order valence-corrected chi connectivity index (χ0v) is 16.1. The fourth-order valence-corrected chi connectivity index (χ4v) is 3.28. The summed E-state index contributed by atoms with van der Waals surface area (Å²) in [5, 5.41) is 18.5. The molecule has 27 heavy (non-hydrogen) atoms. The molecule has 2 rings (SSSR count). The van der Waals surface area contributed by atoms with Crippen molar-refractivity contribution in [2.45, 2.75) is 70.9 Å². The molecule has 0 aromatic heterocycles. The van der Waals surface area contributed by atoms with Gasteiger partial charge >= 0.3 is 0 Å². The normalized spacial score (nSPS) is 12.5. The lowest BCUT2D eigenvalue weighted by molar-refractivity contribution is -0.259. The summed E-state index contributed by atoms with van der Waals surface area (Å²) >= 11 is 0. The van der Waals surface area contributed by atoms with Crippen molar-refractivity contribution in [2.75, 3.05) is 0 Å². The van der Waals surface area contributed by atoms with Gasteiger partial charge in [0.1, 0.15) is 5.82 Å². The number of hydrogen-bond donors (Lipinski definition) is 2. The van der Waals surface area contributed by atoms with Gasteiger partial charge in [-0.15, -0.1) is 0 Å². The van der Waals surface area contributed by atoms with E-state index in [4.69, 9.17) is 4.74 Å². The first kappa shape index (κ1) is 21.5. The Kier molecular flexibility index (Phi) is 9.46. The Bertz CT molecular complexity index is 638. The molecule has 2 aromatic rings. The summed E-state index contributed by atoms with van der Waals surface area (Å²) in [6.07, 6.45) is 8.82. The highest BCUT2D eigenvalue weighted by molar-refractivity contribution is 5.63. The number of aliphatic hydroxyl groups is 2. The molecule has 2 N–H and O–H groups in total. The van der Waals surface area contributed by atoms with Crippen LogP contribution in [0.4, 0.5) is 4.39 Å². The Labute approximate surface area is 161 Å². The van der Waals surface area contributed by atoms with Gasteiger partial charge in [0.25, 0.3) is 6.48 Å². The Balaban J connectivity index is 1.92. The van der Waals surface area contributed by atoms with Crippen LogP contribution in [0.2, 0.25) is 0 Å². The topological polar surface area (TPSA) is 49.7 Å². The van der Waals surface area contributed by atoms with Crippen molar-refractivity contribution in [3.8, 4) is 11.1 Å². The third kappa shape index (κ3) is 7.79. The summed E-state index contributed by atoms with van der Waals surface area (Å²) in [7, 11) is 0. The summed E-state index contributed by atoms with van der Waals surface area (Å²) in [6, 6.07) is 14.2. The van der Waals surface area contributed by atoms with Gasteiger partial charge in [-0.05, 0) is 35.2 Å². The molecule has 0 saturated heterocycles. The monoisotopic (exact) mass is 374 g/mol. The van der Waals surface area contributed by atoms with E-state index in [9.17, 15) is 14.6 Å². The van der Waals surface area contributed by atoms with E-state index in [1.807, 2.05) is 24.3 Å². The number of rotatable bonds is 12. The molecule has 0 saturated carbocycles. The van der Waals surface area contributed by atoms with Crippen LogP contribution in [0.15, 0.2) is 48.5 Å². The van der Waals surface area contributed by atoms with E-state index in [0.29, 0.717) is 0 Å². The number of hydrogen-bond acceptors (Lipinski definition) is 3. The summed E-state index contributed by atoms with van der Waals surface area (Å²) < 4.78 is 18.4. The number of unbranched alkanes of at least 4 members (excludes halogenated alkanes) is 6. The molecule has 2 aromatic carbocycles. The minimum absolute atomic E-state index is 0.254. The van der Waals surface area contributed by atoms with E-state index in [-0.39, 0.29) is 11.9 Å². The summed E-state index contributed by atoms with van der Waals surface area (Å²) in [4.78, 5) is 0. The number of benzene rings is 2. The van der Waals surface area contributed by atoms with E-state index in [1.54, 1.807) is 12.1 Å². The smallest absolute Gasteiger partial charge is 0.267 e. The summed E-state index contributed by atoms with van der Waals surface area (Å²) in [6.45, 7) is 0.431. The second-order valence-electron chi connectivity index (χ2n) is 6.99. The van der Waals surface area contributed by atoms with Gasteiger partial charge in [-0.2, -0.15) is 0 Å². The van der Waals surface area contributed by atoms with Crippen LogP contribution in [0.5, 0.6) is 0 Å². The largest absolute Gasteiger partial charge is 0.346 e. The standard InChI is InChI=1S/C23H31FO3/c1-2-3-4-5-6-7-8-9-22(27-23(25)26)20-12-10-18(11-13-20)19-14-16-21(24)17-15-19/h10-17,22-23,25-26H,2-9H2,1H3. The van der Waals surface area contributed by atoms with E-state index >= 15 is 0 Å². The maximum absolute atomic E-state index is 13.1. The molecule has 1 unspecified atom stereocenters. The van der Waals surface area contributed by atoms with Gasteiger partial charge < -0.3 is 14.9 Å². The van der Waals surface area contributed by atoms with Gasteiger partial charge in [0.15, 0.2) is 0 Å². The SMILES string of the molecule is CCCCCCCCCC(OC(O)O)c1ccc(-c2ccc(F)cc2)cc1. The Morgan fingerprint density at radius 3 is 1.85 bits per heavy atom. The average molecular weight is 374 g/mol. The Hall–Kier alpha value is -1.75. The van der Waals surface area contributed by atoms with Crippen LogP contribution in [-0.2, 0) is 4.74 Å². The van der Waals surface area contributed by atoms with Crippen LogP contribution in [0.25, 0.3) is 11.1 Å². The van der Waals surface area contributed by atoms with Gasteiger partial charge in [0, 0.05) is 0 Å². The van der Waals surface area contributed by atoms with Crippen molar-refractivity contribution < 1.29 is 19.3 Å². The van der Waals surface area contributed by atoms with E-state index in [1.165, 1.54) is 44.2 Å². The fourth-order valence-electron chi connectivity index (χ4n) is 3.28. The molecule has 0 fully saturated rings. The van der Waals surface area contributed by atoms with Crippen LogP contribution >= 0.6 is 0 Å². The molecule has 0 heterocycles. The van der Waals surface area contributed by atoms with Crippen LogP contribution in [0.1, 0.15) is 70.0 Å². The van der Waals surface area contributed by atoms with Gasteiger partial charge in [0.05, 0.1) is 6.10 Å². The highest BCUT2D eigenvalue weighted by atomic mass is 19.1. The first-order valence-electron chi connectivity index (χ1n) is 9.97. The second kappa shape index (κ2) is 11.9. The fraction of sp³-hybridized carbons (Fsp3) is 0.478. The average Bonchev–Trinajstić information content (AvgIpc) is 2.67. The van der Waals surface area contributed by atoms with Crippen molar-refractivity contribution in [3.63, 3.8) is 0 Å². The van der Waals surface area contributed by atoms with Crippen molar-refractivity contribution in [3.05, 3.63) is 59.9 Å². The molecule has 148 valence electrons. The first-order valence-corrected chi connectivity index (χ1v) is 9.97. The molecule has 0 spiro atoms. The van der Waals surface area contributed by atoms with E-state index in [0.717, 1.165) is 36.0 Å². The Morgan fingerprint density at radius 2 is 1.30 bits per heavy atom. The van der Waals surface area contributed by atoms with Crippen molar-refractivity contribution in [2.24, 2.45) is 0 Å². The molecular formula is C23H31FO3. The predicted octanol–water partition coefficient (Wildman–Crippen LogP) is 5.96. The lowest BCUT2D eigenvalue weighted by Crippen LogP contribution is -2.15. The van der Waals surface area contributed by atoms with E-state index in [2.05, 4.69) is 6.92 Å². The highest BCUT2D eigenvalue weighted by Crippen LogP contribution is 2.28. The molecule has 0 aliphatic rings. The molecule has 0 bridgehead atoms. The molecular weight excluding hydrogens is 343 g/mol. The molecule has 4 heteroatoms. The van der Waals surface area contributed by atoms with E-state index < -0.39 is 6.48 Å². The van der Waals surface area contributed by atoms with Crippen LogP contribution in [-0.4, -0.2) is 16.7 Å². The maximum Gasteiger partial charge on any atom is 0.267 e. The maximum atomic E-state index is 13.1. The second-order valence-corrected chi connectivity index (χ2v) is 6.99. The molecule has 1 atom stereocenters. The number of ether oxygens (including phenoxy) is 1. The van der Waals surface area contributed by atoms with Crippen molar-refractivity contribution >= 4 is 0 Å². The zero-order chi connectivity index (χ0) is 19.5. The lowest BCUT2D eigenvalue weighted by Gasteiger charge is -2.20. The van der Waals surface area contributed by atoms with Gasteiger partial charge in [-0.25, -0.2) is 4.39 Å². The summed E-state index contributed by atoms with van der Waals surface area (Å²) in [5.41, 5.74) is 2.84. The lowest BCUT2D eigenvalue weighted by atomic mass is 9.98. The molecule has 0 amide bonds. The number of aliphatic hydroxyl groups excluding tert-OH is 1. The van der Waals surface area contributed by atoms with Crippen molar-refractivity contribution in [1.29, 1.82) is 0 Å². The van der Waals surface area contributed by atoms with Gasteiger partial charge in [-0.1, -0.05) is 88.3 Å². The van der Waals surface area contributed by atoms with Crippen LogP contribution in [0.3, 0.4) is 0 Å². The highest BCUT2D eigenvalue weighted by Gasteiger charge is 2.15. The molecule has 0 aliphatic heterocycles. The molecule has 0 aliphatic carbocycles. The minimum atomic E-state index is -1.78. The first-order chi connectivity index (χ1) is 13.1. The van der Waals surface area contributed by atoms with Crippen LogP contribution in [0, 0.1) is 5.82 Å². The molecule has 3 nitrogen and oxygen atoms in total. The predicted molar refractivity (Wildman–Crippen MR) is 106 cm³/mol.